The van der Waals surface area contributed by atoms with Crippen LogP contribution in [0, 0.1) is 0 Å². The van der Waals surface area contributed by atoms with Gasteiger partial charge in [-0.15, -0.1) is 0 Å². The quantitative estimate of drug-likeness (QED) is 0.0431. The smallest absolute Gasteiger partial charge is 0.220 e. The van der Waals surface area contributed by atoms with E-state index in [1.54, 1.807) is 6.08 Å². The maximum absolute atomic E-state index is 12.3. The number of aliphatic hydroxyl groups excluding tert-OH is 2. The fourth-order valence-electron chi connectivity index (χ4n) is 7.59. The Labute approximate surface area is 327 Å². The highest BCUT2D eigenvalue weighted by Crippen LogP contribution is 2.17. The number of hydrogen-bond donors (Lipinski definition) is 3. The molecule has 0 aliphatic heterocycles. The Morgan fingerprint density at radius 3 is 1.00 bits per heavy atom. The number of unbranched alkanes of at least 4 members (excludes halogenated alkanes) is 37. The highest BCUT2D eigenvalue weighted by molar-refractivity contribution is 5.76. The minimum Gasteiger partial charge on any atom is -0.394 e. The predicted molar refractivity (Wildman–Crippen MR) is 230 cm³/mol. The Morgan fingerprint density at radius 2 is 0.712 bits per heavy atom. The lowest BCUT2D eigenvalue weighted by Crippen LogP contribution is -2.45. The second kappa shape index (κ2) is 44.5. The largest absolute Gasteiger partial charge is 0.394 e. The first-order chi connectivity index (χ1) is 25.7. The molecule has 0 bridgehead atoms. The van der Waals surface area contributed by atoms with Gasteiger partial charge in [-0.25, -0.2) is 0 Å². The molecule has 0 rings (SSSR count). The molecule has 0 heterocycles. The molecule has 0 spiro atoms. The lowest BCUT2D eigenvalue weighted by molar-refractivity contribution is -0.123. The van der Waals surface area contributed by atoms with Crippen molar-refractivity contribution in [1.82, 2.24) is 5.32 Å². The molecular weight excluding hydrogens is 639 g/mol. The summed E-state index contributed by atoms with van der Waals surface area (Å²) in [6.07, 6.45) is 56.5. The molecule has 1 amide bonds. The van der Waals surface area contributed by atoms with Crippen LogP contribution in [0.2, 0.25) is 0 Å². The second-order valence-electron chi connectivity index (χ2n) is 16.5. The highest BCUT2D eigenvalue weighted by atomic mass is 16.3. The molecule has 0 aromatic carbocycles. The van der Waals surface area contributed by atoms with E-state index in [-0.39, 0.29) is 12.5 Å². The van der Waals surface area contributed by atoms with Crippen molar-refractivity contribution in [2.24, 2.45) is 0 Å². The molecule has 0 radical (unpaired) electrons. The van der Waals surface area contributed by atoms with Gasteiger partial charge < -0.3 is 15.5 Å². The van der Waals surface area contributed by atoms with Crippen molar-refractivity contribution >= 4 is 5.91 Å². The SMILES string of the molecule is CCCCCCCCC/C=C/[C@@H](O)[C@H](CO)NC(=O)CCCCCCCCCCCCCCCCCCCCCCCCCCCCCCCCC. The number of carbonyl (C=O) groups is 1. The number of hydrogen-bond acceptors (Lipinski definition) is 3. The normalized spacial score (nSPS) is 12.9. The standard InChI is InChI=1S/C48H95NO3/c1-3-5-7-9-11-13-14-15-16-17-18-19-20-21-22-23-24-25-26-27-28-29-30-31-32-33-34-36-38-40-42-44-48(52)49-46(45-50)47(51)43-41-39-37-35-12-10-8-6-4-2/h41,43,46-47,50-51H,3-40,42,44-45H2,1-2H3,(H,49,52)/b43-41+/t46-,47+/m0/s1. The van der Waals surface area contributed by atoms with Gasteiger partial charge in [-0.1, -0.05) is 257 Å². The number of aliphatic hydroxyl groups is 2. The van der Waals surface area contributed by atoms with Gasteiger partial charge in [-0.2, -0.15) is 0 Å². The van der Waals surface area contributed by atoms with Gasteiger partial charge in [0.1, 0.15) is 0 Å². The lowest BCUT2D eigenvalue weighted by Gasteiger charge is -2.20. The van der Waals surface area contributed by atoms with Crippen molar-refractivity contribution in [3.63, 3.8) is 0 Å². The summed E-state index contributed by atoms with van der Waals surface area (Å²) in [5.41, 5.74) is 0. The Morgan fingerprint density at radius 1 is 0.442 bits per heavy atom. The Hall–Kier alpha value is -0.870. The zero-order valence-electron chi connectivity index (χ0n) is 35.6. The molecule has 0 saturated heterocycles. The van der Waals surface area contributed by atoms with Crippen molar-refractivity contribution in [2.75, 3.05) is 6.61 Å². The average molecular weight is 734 g/mol. The highest BCUT2D eigenvalue weighted by Gasteiger charge is 2.18. The zero-order chi connectivity index (χ0) is 37.8. The summed E-state index contributed by atoms with van der Waals surface area (Å²) in [5.74, 6) is -0.0611. The molecule has 3 N–H and O–H groups in total. The minimum atomic E-state index is -0.832. The van der Waals surface area contributed by atoms with Crippen LogP contribution in [0.5, 0.6) is 0 Å². The second-order valence-corrected chi connectivity index (χ2v) is 16.5. The maximum atomic E-state index is 12.3. The van der Waals surface area contributed by atoms with Gasteiger partial charge in [-0.3, -0.25) is 4.79 Å². The van der Waals surface area contributed by atoms with E-state index in [9.17, 15) is 15.0 Å². The Kier molecular flexibility index (Phi) is 43.8. The van der Waals surface area contributed by atoms with E-state index >= 15 is 0 Å². The molecule has 0 saturated carbocycles. The third-order valence-electron chi connectivity index (χ3n) is 11.3. The van der Waals surface area contributed by atoms with Gasteiger partial charge in [0.05, 0.1) is 18.8 Å². The lowest BCUT2D eigenvalue weighted by atomic mass is 10.0. The van der Waals surface area contributed by atoms with Gasteiger partial charge in [0.2, 0.25) is 5.91 Å². The van der Waals surface area contributed by atoms with Crippen LogP contribution >= 0.6 is 0 Å². The number of amides is 1. The predicted octanol–water partition coefficient (Wildman–Crippen LogP) is 15.0. The summed E-state index contributed by atoms with van der Waals surface area (Å²) < 4.78 is 0. The number of rotatable bonds is 44. The molecular formula is C48H95NO3. The van der Waals surface area contributed by atoms with E-state index in [1.165, 1.54) is 225 Å². The van der Waals surface area contributed by atoms with Crippen molar-refractivity contribution in [2.45, 2.75) is 283 Å². The number of nitrogens with one attached hydrogen (secondary N) is 1. The fraction of sp³-hybridized carbons (Fsp3) is 0.938. The summed E-state index contributed by atoms with van der Waals surface area (Å²) in [6.45, 7) is 4.30. The molecule has 52 heavy (non-hydrogen) atoms. The van der Waals surface area contributed by atoms with E-state index in [0.29, 0.717) is 6.42 Å². The molecule has 4 nitrogen and oxygen atoms in total. The van der Waals surface area contributed by atoms with Crippen molar-refractivity contribution < 1.29 is 15.0 Å². The average Bonchev–Trinajstić information content (AvgIpc) is 3.15. The van der Waals surface area contributed by atoms with Crippen LogP contribution in [-0.2, 0) is 4.79 Å². The number of allylic oxidation sites excluding steroid dienone is 1. The third-order valence-corrected chi connectivity index (χ3v) is 11.3. The Balaban J connectivity index is 3.36. The van der Waals surface area contributed by atoms with Gasteiger partial charge in [-0.05, 0) is 19.3 Å². The molecule has 2 atom stereocenters. The van der Waals surface area contributed by atoms with Crippen LogP contribution in [0.4, 0.5) is 0 Å². The summed E-state index contributed by atoms with van der Waals surface area (Å²) in [7, 11) is 0. The number of carbonyl (C=O) groups excluding carboxylic acids is 1. The van der Waals surface area contributed by atoms with Gasteiger partial charge >= 0.3 is 0 Å². The molecule has 4 heteroatoms. The van der Waals surface area contributed by atoms with Gasteiger partial charge in [0.15, 0.2) is 0 Å². The van der Waals surface area contributed by atoms with Crippen molar-refractivity contribution in [3.05, 3.63) is 12.2 Å². The molecule has 0 aliphatic carbocycles. The van der Waals surface area contributed by atoms with Crippen molar-refractivity contribution in [1.29, 1.82) is 0 Å². The van der Waals surface area contributed by atoms with Crippen LogP contribution < -0.4 is 5.32 Å². The van der Waals surface area contributed by atoms with Gasteiger partial charge in [0, 0.05) is 6.42 Å². The fourth-order valence-corrected chi connectivity index (χ4v) is 7.59. The molecule has 0 aromatic heterocycles. The van der Waals surface area contributed by atoms with Crippen LogP contribution in [0.3, 0.4) is 0 Å². The zero-order valence-corrected chi connectivity index (χ0v) is 35.6. The molecule has 0 unspecified atom stereocenters. The molecule has 0 aliphatic rings. The minimum absolute atomic E-state index is 0.0611. The van der Waals surface area contributed by atoms with Crippen LogP contribution in [0.15, 0.2) is 12.2 Å². The van der Waals surface area contributed by atoms with E-state index in [2.05, 4.69) is 19.2 Å². The monoisotopic (exact) mass is 734 g/mol. The van der Waals surface area contributed by atoms with Gasteiger partial charge in [0.25, 0.3) is 0 Å². The van der Waals surface area contributed by atoms with Crippen LogP contribution in [-0.4, -0.2) is 34.9 Å². The Bertz CT molecular complexity index is 710. The third kappa shape index (κ3) is 40.3. The van der Waals surface area contributed by atoms with Crippen molar-refractivity contribution in [3.8, 4) is 0 Å². The topological polar surface area (TPSA) is 69.6 Å². The van der Waals surface area contributed by atoms with Crippen LogP contribution in [0.25, 0.3) is 0 Å². The summed E-state index contributed by atoms with van der Waals surface area (Å²) in [5, 5.41) is 22.9. The summed E-state index contributed by atoms with van der Waals surface area (Å²) in [6, 6.07) is -0.615. The van der Waals surface area contributed by atoms with E-state index < -0.39 is 12.1 Å². The van der Waals surface area contributed by atoms with E-state index in [4.69, 9.17) is 0 Å². The summed E-state index contributed by atoms with van der Waals surface area (Å²) in [4.78, 5) is 12.3. The molecule has 310 valence electrons. The molecule has 0 aromatic rings. The molecule has 0 fully saturated rings. The van der Waals surface area contributed by atoms with Crippen LogP contribution in [0.1, 0.15) is 271 Å². The van der Waals surface area contributed by atoms with E-state index in [1.807, 2.05) is 6.08 Å². The first-order valence-electron chi connectivity index (χ1n) is 23.9. The summed E-state index contributed by atoms with van der Waals surface area (Å²) >= 11 is 0. The van der Waals surface area contributed by atoms with E-state index in [0.717, 1.165) is 25.7 Å². The first kappa shape index (κ1) is 51.1. The maximum Gasteiger partial charge on any atom is 0.220 e. The first-order valence-corrected chi connectivity index (χ1v) is 23.9.